The predicted molar refractivity (Wildman–Crippen MR) is 71.4 cm³/mol. The number of carbonyl (C=O) groups excluding carboxylic acids is 1. The van der Waals surface area contributed by atoms with Gasteiger partial charge in [0, 0.05) is 18.8 Å². The first-order chi connectivity index (χ1) is 8.97. The van der Waals surface area contributed by atoms with E-state index in [2.05, 4.69) is 15.6 Å². The summed E-state index contributed by atoms with van der Waals surface area (Å²) in [6.45, 7) is 1.34. The molecule has 0 radical (unpaired) electrons. The maximum atomic E-state index is 11.8. The summed E-state index contributed by atoms with van der Waals surface area (Å²) in [5, 5.41) is 10.5. The number of rotatable bonds is 3. The van der Waals surface area contributed by atoms with E-state index < -0.39 is 10.0 Å². The number of hydrogen-bond donors (Lipinski definition) is 3. The van der Waals surface area contributed by atoms with Gasteiger partial charge in [0.2, 0.25) is 10.0 Å². The van der Waals surface area contributed by atoms with E-state index in [1.807, 2.05) is 0 Å². The third kappa shape index (κ3) is 3.52. The number of sulfonamides is 1. The Morgan fingerprint density at radius 3 is 2.53 bits per heavy atom. The SMILES string of the molecule is NS(=O)(=O)c1ccc(NC(=O)C2=NCCCN2)cc1. The molecule has 1 aromatic carbocycles. The van der Waals surface area contributed by atoms with E-state index in [-0.39, 0.29) is 10.8 Å². The highest BCUT2D eigenvalue weighted by Crippen LogP contribution is 2.12. The maximum absolute atomic E-state index is 11.8. The second-order valence-electron chi connectivity index (χ2n) is 4.03. The minimum Gasteiger partial charge on any atom is -0.366 e. The van der Waals surface area contributed by atoms with E-state index in [0.29, 0.717) is 18.1 Å². The van der Waals surface area contributed by atoms with Crippen molar-refractivity contribution in [3.8, 4) is 0 Å². The average Bonchev–Trinajstić information content (AvgIpc) is 2.39. The molecule has 7 nitrogen and oxygen atoms in total. The quantitative estimate of drug-likeness (QED) is 0.704. The summed E-state index contributed by atoms with van der Waals surface area (Å²) >= 11 is 0. The van der Waals surface area contributed by atoms with Gasteiger partial charge < -0.3 is 10.6 Å². The van der Waals surface area contributed by atoms with Gasteiger partial charge in [0.05, 0.1) is 4.90 Å². The Kier molecular flexibility index (Phi) is 3.82. The third-order valence-corrected chi connectivity index (χ3v) is 3.48. The molecule has 1 aliphatic rings. The predicted octanol–water partition coefficient (Wildman–Crippen LogP) is -0.336. The van der Waals surface area contributed by atoms with Crippen LogP contribution in [0.4, 0.5) is 5.69 Å². The summed E-state index contributed by atoms with van der Waals surface area (Å²) in [4.78, 5) is 15.9. The van der Waals surface area contributed by atoms with Crippen molar-refractivity contribution in [2.24, 2.45) is 10.1 Å². The Hall–Kier alpha value is -1.93. The van der Waals surface area contributed by atoms with E-state index in [1.54, 1.807) is 0 Å². The van der Waals surface area contributed by atoms with Gasteiger partial charge in [-0.05, 0) is 30.7 Å². The molecule has 0 bridgehead atoms. The number of primary sulfonamides is 1. The zero-order valence-electron chi connectivity index (χ0n) is 10.1. The minimum atomic E-state index is -3.72. The van der Waals surface area contributed by atoms with Crippen LogP contribution in [0.15, 0.2) is 34.2 Å². The van der Waals surface area contributed by atoms with Gasteiger partial charge in [-0.25, -0.2) is 13.6 Å². The largest absolute Gasteiger partial charge is 0.366 e. The van der Waals surface area contributed by atoms with Gasteiger partial charge in [0.15, 0.2) is 5.84 Å². The Morgan fingerprint density at radius 1 is 1.32 bits per heavy atom. The van der Waals surface area contributed by atoms with Crippen molar-refractivity contribution in [2.45, 2.75) is 11.3 Å². The first-order valence-electron chi connectivity index (χ1n) is 5.69. The molecule has 0 saturated carbocycles. The van der Waals surface area contributed by atoms with Crippen LogP contribution in [-0.2, 0) is 14.8 Å². The van der Waals surface area contributed by atoms with Gasteiger partial charge in [-0.2, -0.15) is 0 Å². The molecule has 1 amide bonds. The maximum Gasteiger partial charge on any atom is 0.290 e. The number of benzene rings is 1. The number of nitrogens with one attached hydrogen (secondary N) is 2. The Balaban J connectivity index is 2.07. The minimum absolute atomic E-state index is 0.00127. The number of nitrogens with two attached hydrogens (primary N) is 1. The molecule has 0 spiro atoms. The molecule has 0 fully saturated rings. The molecular formula is C11H14N4O3S. The van der Waals surface area contributed by atoms with E-state index in [0.717, 1.165) is 13.0 Å². The summed E-state index contributed by atoms with van der Waals surface area (Å²) < 4.78 is 22.2. The number of nitrogens with zero attached hydrogens (tertiary/aromatic N) is 1. The number of aliphatic imine (C=N–C) groups is 1. The van der Waals surface area contributed by atoms with Gasteiger partial charge in [0.25, 0.3) is 5.91 Å². The lowest BCUT2D eigenvalue weighted by Gasteiger charge is -2.14. The molecule has 0 atom stereocenters. The highest BCUT2D eigenvalue weighted by atomic mass is 32.2. The zero-order chi connectivity index (χ0) is 13.9. The summed E-state index contributed by atoms with van der Waals surface area (Å²) in [7, 11) is -3.72. The summed E-state index contributed by atoms with van der Waals surface area (Å²) in [5.41, 5.74) is 0.479. The molecule has 0 aliphatic carbocycles. The molecule has 1 aliphatic heterocycles. The van der Waals surface area contributed by atoms with E-state index >= 15 is 0 Å². The fourth-order valence-electron chi connectivity index (χ4n) is 1.60. The van der Waals surface area contributed by atoms with Crippen LogP contribution < -0.4 is 15.8 Å². The van der Waals surface area contributed by atoms with Gasteiger partial charge >= 0.3 is 0 Å². The van der Waals surface area contributed by atoms with Gasteiger partial charge in [-0.15, -0.1) is 0 Å². The normalized spacial score (nSPS) is 15.3. The van der Waals surface area contributed by atoms with Crippen LogP contribution >= 0.6 is 0 Å². The van der Waals surface area contributed by atoms with E-state index in [9.17, 15) is 13.2 Å². The van der Waals surface area contributed by atoms with Gasteiger partial charge in [-0.1, -0.05) is 0 Å². The first kappa shape index (κ1) is 13.5. The van der Waals surface area contributed by atoms with Crippen LogP contribution in [0.1, 0.15) is 6.42 Å². The molecule has 1 heterocycles. The van der Waals surface area contributed by atoms with Crippen molar-refractivity contribution in [2.75, 3.05) is 18.4 Å². The van der Waals surface area contributed by atoms with Crippen molar-refractivity contribution in [3.05, 3.63) is 24.3 Å². The number of hydrogen-bond acceptors (Lipinski definition) is 5. The molecule has 0 aromatic heterocycles. The number of carbonyl (C=O) groups is 1. The molecule has 2 rings (SSSR count). The molecule has 102 valence electrons. The van der Waals surface area contributed by atoms with Crippen molar-refractivity contribution in [1.29, 1.82) is 0 Å². The Bertz CT molecular complexity index is 607. The molecule has 8 heteroatoms. The molecule has 0 unspecified atom stereocenters. The van der Waals surface area contributed by atoms with E-state index in [4.69, 9.17) is 5.14 Å². The molecular weight excluding hydrogens is 268 g/mol. The lowest BCUT2D eigenvalue weighted by atomic mass is 10.3. The van der Waals surface area contributed by atoms with Crippen molar-refractivity contribution in [3.63, 3.8) is 0 Å². The van der Waals surface area contributed by atoms with Crippen LogP contribution in [0.2, 0.25) is 0 Å². The summed E-state index contributed by atoms with van der Waals surface area (Å²) in [5.74, 6) is -0.0511. The van der Waals surface area contributed by atoms with Crippen LogP contribution in [0.3, 0.4) is 0 Å². The smallest absolute Gasteiger partial charge is 0.290 e. The van der Waals surface area contributed by atoms with Gasteiger partial charge in [0.1, 0.15) is 0 Å². The highest BCUT2D eigenvalue weighted by molar-refractivity contribution is 7.89. The summed E-state index contributed by atoms with van der Waals surface area (Å²) in [6.07, 6.45) is 0.903. The van der Waals surface area contributed by atoms with Crippen molar-refractivity contribution < 1.29 is 13.2 Å². The van der Waals surface area contributed by atoms with E-state index in [1.165, 1.54) is 24.3 Å². The highest BCUT2D eigenvalue weighted by Gasteiger charge is 2.14. The lowest BCUT2D eigenvalue weighted by Crippen LogP contribution is -2.39. The summed E-state index contributed by atoms with van der Waals surface area (Å²) in [6, 6.07) is 5.62. The standard InChI is InChI=1S/C11H14N4O3S/c12-19(17,18)9-4-2-8(3-5-9)15-11(16)10-13-6-1-7-14-10/h2-5H,1,6-7H2,(H,13,14)(H,15,16)(H2,12,17,18). The van der Waals surface area contributed by atoms with Crippen LogP contribution in [0.25, 0.3) is 0 Å². The van der Waals surface area contributed by atoms with Crippen molar-refractivity contribution in [1.82, 2.24) is 5.32 Å². The van der Waals surface area contributed by atoms with Crippen LogP contribution in [-0.4, -0.2) is 33.3 Å². The average molecular weight is 282 g/mol. The number of amidine groups is 1. The molecule has 19 heavy (non-hydrogen) atoms. The second kappa shape index (κ2) is 5.37. The lowest BCUT2D eigenvalue weighted by molar-refractivity contribution is -0.110. The Morgan fingerprint density at radius 2 is 2.00 bits per heavy atom. The van der Waals surface area contributed by atoms with Crippen LogP contribution in [0.5, 0.6) is 0 Å². The molecule has 4 N–H and O–H groups in total. The third-order valence-electron chi connectivity index (χ3n) is 2.55. The molecule has 0 saturated heterocycles. The number of anilines is 1. The topological polar surface area (TPSA) is 114 Å². The van der Waals surface area contributed by atoms with Crippen LogP contribution in [0, 0.1) is 0 Å². The monoisotopic (exact) mass is 282 g/mol. The Labute approximate surface area is 111 Å². The fraction of sp³-hybridized carbons (Fsp3) is 0.273. The second-order valence-corrected chi connectivity index (χ2v) is 5.60. The molecule has 1 aromatic rings. The number of amides is 1. The van der Waals surface area contributed by atoms with Gasteiger partial charge in [-0.3, -0.25) is 9.79 Å². The zero-order valence-corrected chi connectivity index (χ0v) is 10.9. The fourth-order valence-corrected chi connectivity index (χ4v) is 2.12. The first-order valence-corrected chi connectivity index (χ1v) is 7.24. The van der Waals surface area contributed by atoms with Crippen molar-refractivity contribution >= 4 is 27.5 Å².